The molecule has 0 aliphatic heterocycles. The minimum atomic E-state index is -0.591. The molecule has 0 saturated carbocycles. The van der Waals surface area contributed by atoms with E-state index in [0.29, 0.717) is 50.3 Å². The lowest BCUT2D eigenvalue weighted by Gasteiger charge is -2.15. The number of anilines is 2. The molecule has 2 N–H and O–H groups in total. The van der Waals surface area contributed by atoms with Crippen molar-refractivity contribution in [2.75, 3.05) is 31.0 Å². The third kappa shape index (κ3) is 7.74. The van der Waals surface area contributed by atoms with E-state index in [0.717, 1.165) is 0 Å². The summed E-state index contributed by atoms with van der Waals surface area (Å²) in [6, 6.07) is 18.8. The van der Waals surface area contributed by atoms with Crippen LogP contribution in [0.15, 0.2) is 70.7 Å². The average molecular weight is 585 g/mol. The van der Waals surface area contributed by atoms with E-state index < -0.39 is 11.8 Å². The quantitative estimate of drug-likeness (QED) is 0.221. The number of halogens is 2. The van der Waals surface area contributed by atoms with Crippen LogP contribution >= 0.6 is 27.5 Å². The topological polar surface area (TPSA) is 110 Å². The molecule has 2 amide bonds. The second-order valence-corrected chi connectivity index (χ2v) is 8.73. The van der Waals surface area contributed by atoms with E-state index in [-0.39, 0.29) is 12.2 Å². The molecule has 3 rings (SSSR count). The Kier molecular flexibility index (Phi) is 9.95. The Labute approximate surface area is 227 Å². The fourth-order valence-corrected chi connectivity index (χ4v) is 3.99. The molecule has 0 bridgehead atoms. The zero-order valence-corrected chi connectivity index (χ0v) is 22.4. The van der Waals surface area contributed by atoms with Gasteiger partial charge in [-0.1, -0.05) is 29.8 Å². The summed E-state index contributed by atoms with van der Waals surface area (Å²) in [5, 5.41) is 15.4. The first kappa shape index (κ1) is 27.6. The van der Waals surface area contributed by atoms with Gasteiger partial charge >= 0.3 is 0 Å². The van der Waals surface area contributed by atoms with Crippen LogP contribution in [0.4, 0.5) is 11.4 Å². The lowest BCUT2D eigenvalue weighted by Crippen LogP contribution is -2.21. The Morgan fingerprint density at radius 2 is 1.84 bits per heavy atom. The van der Waals surface area contributed by atoms with Crippen molar-refractivity contribution >= 4 is 56.8 Å². The van der Waals surface area contributed by atoms with Gasteiger partial charge in [0.25, 0.3) is 11.8 Å². The van der Waals surface area contributed by atoms with Gasteiger partial charge in [0.05, 0.1) is 23.9 Å². The molecule has 37 heavy (non-hydrogen) atoms. The number of benzene rings is 3. The monoisotopic (exact) mass is 583 g/mol. The Balaban J connectivity index is 1.78. The van der Waals surface area contributed by atoms with Crippen LogP contribution in [0.5, 0.6) is 17.2 Å². The zero-order valence-electron chi connectivity index (χ0n) is 20.0. The van der Waals surface area contributed by atoms with E-state index in [1.807, 2.05) is 6.07 Å². The average Bonchev–Trinajstić information content (AvgIpc) is 2.87. The van der Waals surface area contributed by atoms with Crippen LogP contribution in [-0.4, -0.2) is 32.1 Å². The molecular weight excluding hydrogens is 562 g/mol. The molecule has 0 aliphatic carbocycles. The maximum absolute atomic E-state index is 12.6. The lowest BCUT2D eigenvalue weighted by molar-refractivity contribution is -0.118. The van der Waals surface area contributed by atoms with Crippen molar-refractivity contribution in [2.24, 2.45) is 0 Å². The normalized spacial score (nSPS) is 10.7. The van der Waals surface area contributed by atoms with Crippen molar-refractivity contribution in [3.8, 4) is 23.3 Å². The van der Waals surface area contributed by atoms with Gasteiger partial charge in [-0.3, -0.25) is 9.59 Å². The molecule has 0 radical (unpaired) electrons. The number of hydrogen-bond donors (Lipinski definition) is 2. The van der Waals surface area contributed by atoms with E-state index in [2.05, 4.69) is 26.6 Å². The van der Waals surface area contributed by atoms with E-state index >= 15 is 0 Å². The van der Waals surface area contributed by atoms with Gasteiger partial charge in [-0.15, -0.1) is 0 Å². The summed E-state index contributed by atoms with van der Waals surface area (Å²) in [5.41, 5.74) is 1.37. The fourth-order valence-electron chi connectivity index (χ4n) is 3.23. The molecule has 0 aromatic heterocycles. The molecule has 3 aromatic carbocycles. The Morgan fingerprint density at radius 1 is 1.05 bits per heavy atom. The third-order valence-electron chi connectivity index (χ3n) is 4.82. The highest BCUT2D eigenvalue weighted by molar-refractivity contribution is 9.10. The highest BCUT2D eigenvalue weighted by Gasteiger charge is 2.16. The minimum Gasteiger partial charge on any atom is -0.495 e. The SMILES string of the molecule is CCOc1cc(/C=C(/C#N)C(=O)Nc2cccc(Cl)c2)cc(Br)c1OCC(=O)Nc1ccccc1OC. The van der Waals surface area contributed by atoms with Crippen LogP contribution in [0.3, 0.4) is 0 Å². The number of hydrogen-bond acceptors (Lipinski definition) is 6. The highest BCUT2D eigenvalue weighted by atomic mass is 79.9. The van der Waals surface area contributed by atoms with Crippen molar-refractivity contribution in [2.45, 2.75) is 6.92 Å². The van der Waals surface area contributed by atoms with E-state index in [1.165, 1.54) is 13.2 Å². The summed E-state index contributed by atoms with van der Waals surface area (Å²) in [4.78, 5) is 25.1. The van der Waals surface area contributed by atoms with Crippen molar-refractivity contribution in [1.29, 1.82) is 5.26 Å². The number of nitriles is 1. The van der Waals surface area contributed by atoms with Crippen LogP contribution < -0.4 is 24.8 Å². The van der Waals surface area contributed by atoms with Crippen LogP contribution in [0.2, 0.25) is 5.02 Å². The van der Waals surface area contributed by atoms with E-state index in [4.69, 9.17) is 25.8 Å². The predicted molar refractivity (Wildman–Crippen MR) is 146 cm³/mol. The van der Waals surface area contributed by atoms with Gasteiger partial charge in [-0.2, -0.15) is 5.26 Å². The first-order valence-corrected chi connectivity index (χ1v) is 12.2. The summed E-state index contributed by atoms with van der Waals surface area (Å²) in [6.45, 7) is 1.83. The summed E-state index contributed by atoms with van der Waals surface area (Å²) in [7, 11) is 1.52. The summed E-state index contributed by atoms with van der Waals surface area (Å²) in [6.07, 6.45) is 1.42. The zero-order chi connectivity index (χ0) is 26.8. The Morgan fingerprint density at radius 3 is 2.54 bits per heavy atom. The molecule has 0 aliphatic rings. The standard InChI is InChI=1S/C27H23BrClN3O5/c1-3-36-24-13-17(11-18(15-30)27(34)31-20-8-6-7-19(29)14-20)12-21(28)26(24)37-16-25(33)32-22-9-4-5-10-23(22)35-2/h4-14H,3,16H2,1-2H3,(H,31,34)(H,32,33)/b18-11-. The number of nitrogens with zero attached hydrogens (tertiary/aromatic N) is 1. The van der Waals surface area contributed by atoms with Gasteiger partial charge < -0.3 is 24.8 Å². The number of para-hydroxylation sites is 2. The van der Waals surface area contributed by atoms with Crippen molar-refractivity contribution < 1.29 is 23.8 Å². The van der Waals surface area contributed by atoms with Gasteiger partial charge in [-0.05, 0) is 77.0 Å². The fraction of sp³-hybridized carbons (Fsp3) is 0.148. The Bertz CT molecular complexity index is 1370. The molecule has 0 unspecified atom stereocenters. The molecule has 10 heteroatoms. The number of methoxy groups -OCH3 is 1. The molecule has 3 aromatic rings. The first-order chi connectivity index (χ1) is 17.8. The van der Waals surface area contributed by atoms with Gasteiger partial charge in [0.15, 0.2) is 18.1 Å². The number of ether oxygens (including phenoxy) is 3. The number of amides is 2. The molecule has 0 spiro atoms. The number of carbonyl (C=O) groups excluding carboxylic acids is 2. The highest BCUT2D eigenvalue weighted by Crippen LogP contribution is 2.37. The number of nitrogens with one attached hydrogen (secondary N) is 2. The Hall–Kier alpha value is -4.00. The maximum atomic E-state index is 12.6. The molecule has 190 valence electrons. The largest absolute Gasteiger partial charge is 0.495 e. The summed E-state index contributed by atoms with van der Waals surface area (Å²) < 4.78 is 17.2. The van der Waals surface area contributed by atoms with Crippen molar-refractivity contribution in [3.63, 3.8) is 0 Å². The van der Waals surface area contributed by atoms with Crippen molar-refractivity contribution in [1.82, 2.24) is 0 Å². The van der Waals surface area contributed by atoms with Crippen molar-refractivity contribution in [3.05, 3.63) is 81.3 Å². The molecule has 0 fully saturated rings. The smallest absolute Gasteiger partial charge is 0.266 e. The molecule has 0 atom stereocenters. The van der Waals surface area contributed by atoms with E-state index in [9.17, 15) is 14.9 Å². The predicted octanol–water partition coefficient (Wildman–Crippen LogP) is 6.07. The second kappa shape index (κ2) is 13.3. The maximum Gasteiger partial charge on any atom is 0.266 e. The second-order valence-electron chi connectivity index (χ2n) is 7.43. The number of rotatable bonds is 10. The van der Waals surface area contributed by atoms with Crippen LogP contribution in [0.25, 0.3) is 6.08 Å². The molecule has 0 heterocycles. The minimum absolute atomic E-state index is 0.126. The van der Waals surface area contributed by atoms with Crippen LogP contribution in [0.1, 0.15) is 12.5 Å². The van der Waals surface area contributed by atoms with Gasteiger partial charge in [-0.25, -0.2) is 0 Å². The van der Waals surface area contributed by atoms with Crippen LogP contribution in [-0.2, 0) is 9.59 Å². The third-order valence-corrected chi connectivity index (χ3v) is 5.64. The molecule has 0 saturated heterocycles. The first-order valence-electron chi connectivity index (χ1n) is 11.0. The lowest BCUT2D eigenvalue weighted by atomic mass is 10.1. The number of carbonyl (C=O) groups is 2. The van der Waals surface area contributed by atoms with Gasteiger partial charge in [0.2, 0.25) is 0 Å². The van der Waals surface area contributed by atoms with Gasteiger partial charge in [0, 0.05) is 10.7 Å². The van der Waals surface area contributed by atoms with E-state index in [1.54, 1.807) is 67.6 Å². The summed E-state index contributed by atoms with van der Waals surface area (Å²) >= 11 is 9.39. The summed E-state index contributed by atoms with van der Waals surface area (Å²) in [5.74, 6) is 0.173. The molecular formula is C27H23BrClN3O5. The van der Waals surface area contributed by atoms with Gasteiger partial charge in [0.1, 0.15) is 17.4 Å². The van der Waals surface area contributed by atoms with Crippen LogP contribution in [0, 0.1) is 11.3 Å². The molecule has 8 nitrogen and oxygen atoms in total.